The van der Waals surface area contributed by atoms with E-state index in [1.807, 2.05) is 18.2 Å². The molecule has 32 heavy (non-hydrogen) atoms. The number of esters is 1. The van der Waals surface area contributed by atoms with Crippen molar-refractivity contribution < 1.29 is 23.8 Å². The molecule has 0 spiro atoms. The minimum absolute atomic E-state index is 0.166. The molecule has 1 aliphatic carbocycles. The molecule has 170 valence electrons. The van der Waals surface area contributed by atoms with E-state index in [4.69, 9.17) is 37.4 Å². The van der Waals surface area contributed by atoms with Gasteiger partial charge in [-0.2, -0.15) is 0 Å². The van der Waals surface area contributed by atoms with Gasteiger partial charge in [-0.15, -0.1) is 0 Å². The average Bonchev–Trinajstić information content (AvgIpc) is 3.21. The summed E-state index contributed by atoms with van der Waals surface area (Å²) in [5.41, 5.74) is 1.13. The minimum Gasteiger partial charge on any atom is -0.493 e. The van der Waals surface area contributed by atoms with Crippen molar-refractivity contribution in [3.8, 4) is 11.5 Å². The van der Waals surface area contributed by atoms with Gasteiger partial charge in [-0.1, -0.05) is 41.4 Å². The molecule has 1 aliphatic rings. The predicted octanol–water partition coefficient (Wildman–Crippen LogP) is 5.03. The van der Waals surface area contributed by atoms with E-state index in [2.05, 4.69) is 5.32 Å². The van der Waals surface area contributed by atoms with Gasteiger partial charge in [-0.3, -0.25) is 9.59 Å². The highest BCUT2D eigenvalue weighted by Crippen LogP contribution is 2.38. The molecule has 0 aromatic heterocycles. The first kappa shape index (κ1) is 24.0. The largest absolute Gasteiger partial charge is 0.493 e. The van der Waals surface area contributed by atoms with Crippen molar-refractivity contribution in [1.29, 1.82) is 0 Å². The number of benzene rings is 2. The highest BCUT2D eigenvalue weighted by Gasteiger charge is 2.35. The summed E-state index contributed by atoms with van der Waals surface area (Å²) in [6, 6.07) is 9.82. The number of halogens is 2. The topological polar surface area (TPSA) is 73.9 Å². The molecule has 6 nitrogen and oxygen atoms in total. The van der Waals surface area contributed by atoms with Gasteiger partial charge in [0, 0.05) is 21.7 Å². The number of amides is 1. The second kappa shape index (κ2) is 10.7. The van der Waals surface area contributed by atoms with Crippen LogP contribution in [-0.4, -0.2) is 38.7 Å². The molecule has 0 radical (unpaired) electrons. The van der Waals surface area contributed by atoms with Gasteiger partial charge in [0.25, 0.3) is 5.91 Å². The van der Waals surface area contributed by atoms with E-state index in [0.717, 1.165) is 5.56 Å². The molecule has 2 aromatic rings. The standard InChI is InChI=1S/C24H25Cl2NO5/c1-4-32-24(29)22(15-6-8-20(30-2)21(12-15)31-3)14-5-7-19(11-14)27-23(28)16-9-17(25)13-18(26)10-16/h5-10,12-14,19,22H,4,11H2,1-3H3,(H,27,28). The second-order valence-corrected chi connectivity index (χ2v) is 8.24. The summed E-state index contributed by atoms with van der Waals surface area (Å²) in [5, 5.41) is 3.73. The van der Waals surface area contributed by atoms with Gasteiger partial charge in [0.05, 0.1) is 26.7 Å². The Morgan fingerprint density at radius 1 is 1.03 bits per heavy atom. The van der Waals surface area contributed by atoms with Crippen LogP contribution < -0.4 is 14.8 Å². The maximum atomic E-state index is 12.9. The molecule has 0 bridgehead atoms. The van der Waals surface area contributed by atoms with Gasteiger partial charge < -0.3 is 19.5 Å². The third kappa shape index (κ3) is 5.56. The molecule has 3 rings (SSSR count). The van der Waals surface area contributed by atoms with Gasteiger partial charge in [-0.25, -0.2) is 0 Å². The van der Waals surface area contributed by atoms with Crippen LogP contribution in [0.1, 0.15) is 35.2 Å². The highest BCUT2D eigenvalue weighted by molar-refractivity contribution is 6.35. The maximum Gasteiger partial charge on any atom is 0.314 e. The number of allylic oxidation sites excluding steroid dienone is 1. The summed E-state index contributed by atoms with van der Waals surface area (Å²) in [4.78, 5) is 25.5. The van der Waals surface area contributed by atoms with E-state index in [9.17, 15) is 9.59 Å². The van der Waals surface area contributed by atoms with Gasteiger partial charge in [0.1, 0.15) is 0 Å². The van der Waals surface area contributed by atoms with Crippen molar-refractivity contribution in [1.82, 2.24) is 5.32 Å². The number of carbonyl (C=O) groups is 2. The number of carbonyl (C=O) groups excluding carboxylic acids is 2. The summed E-state index contributed by atoms with van der Waals surface area (Å²) in [7, 11) is 3.10. The molecular weight excluding hydrogens is 453 g/mol. The number of nitrogens with one attached hydrogen (secondary N) is 1. The van der Waals surface area contributed by atoms with Crippen LogP contribution in [0.2, 0.25) is 10.0 Å². The van der Waals surface area contributed by atoms with Gasteiger partial charge >= 0.3 is 5.97 Å². The molecule has 8 heteroatoms. The minimum atomic E-state index is -0.548. The lowest BCUT2D eigenvalue weighted by Crippen LogP contribution is -2.33. The van der Waals surface area contributed by atoms with E-state index in [-0.39, 0.29) is 30.4 Å². The van der Waals surface area contributed by atoms with Gasteiger partial charge in [0.15, 0.2) is 11.5 Å². The van der Waals surface area contributed by atoms with E-state index in [0.29, 0.717) is 33.5 Å². The molecule has 2 aromatic carbocycles. The quantitative estimate of drug-likeness (QED) is 0.426. The van der Waals surface area contributed by atoms with Crippen molar-refractivity contribution in [3.05, 3.63) is 69.7 Å². The van der Waals surface area contributed by atoms with Crippen LogP contribution in [0, 0.1) is 5.92 Å². The molecule has 3 unspecified atom stereocenters. The van der Waals surface area contributed by atoms with E-state index >= 15 is 0 Å². The Balaban J connectivity index is 1.78. The highest BCUT2D eigenvalue weighted by atomic mass is 35.5. The van der Waals surface area contributed by atoms with E-state index in [1.165, 1.54) is 0 Å². The zero-order valence-electron chi connectivity index (χ0n) is 18.1. The Kier molecular flexibility index (Phi) is 8.04. The number of hydrogen-bond acceptors (Lipinski definition) is 5. The Morgan fingerprint density at radius 3 is 2.34 bits per heavy atom. The Bertz CT molecular complexity index is 1000. The lowest BCUT2D eigenvalue weighted by molar-refractivity contribution is -0.146. The zero-order valence-corrected chi connectivity index (χ0v) is 19.6. The molecule has 3 atom stereocenters. The molecule has 0 saturated carbocycles. The fourth-order valence-electron chi connectivity index (χ4n) is 3.85. The number of rotatable bonds is 8. The van der Waals surface area contributed by atoms with E-state index < -0.39 is 5.92 Å². The van der Waals surface area contributed by atoms with Crippen molar-refractivity contribution >= 4 is 35.1 Å². The predicted molar refractivity (Wildman–Crippen MR) is 124 cm³/mol. The monoisotopic (exact) mass is 477 g/mol. The molecule has 1 N–H and O–H groups in total. The SMILES string of the molecule is CCOC(=O)C(c1ccc(OC)c(OC)c1)C1C=CC(NC(=O)c2cc(Cl)cc(Cl)c2)C1. The summed E-state index contributed by atoms with van der Waals surface area (Å²) in [6.45, 7) is 2.04. The van der Waals surface area contributed by atoms with Crippen molar-refractivity contribution in [2.45, 2.75) is 25.3 Å². The number of ether oxygens (including phenoxy) is 3. The number of methoxy groups -OCH3 is 2. The zero-order chi connectivity index (χ0) is 23.3. The van der Waals surface area contributed by atoms with Crippen LogP contribution in [0.3, 0.4) is 0 Å². The molecule has 0 fully saturated rings. The summed E-state index contributed by atoms with van der Waals surface area (Å²) in [6.07, 6.45) is 4.37. The lowest BCUT2D eigenvalue weighted by Gasteiger charge is -2.23. The van der Waals surface area contributed by atoms with Crippen LogP contribution in [0.15, 0.2) is 48.6 Å². The first-order valence-electron chi connectivity index (χ1n) is 10.2. The second-order valence-electron chi connectivity index (χ2n) is 7.37. The van der Waals surface area contributed by atoms with Crippen LogP contribution in [0.4, 0.5) is 0 Å². The van der Waals surface area contributed by atoms with Crippen LogP contribution in [0.25, 0.3) is 0 Å². The molecule has 0 aliphatic heterocycles. The van der Waals surface area contributed by atoms with Crippen molar-refractivity contribution in [3.63, 3.8) is 0 Å². The lowest BCUT2D eigenvalue weighted by atomic mass is 9.85. The normalized spacial score (nSPS) is 18.2. The smallest absolute Gasteiger partial charge is 0.314 e. The molecule has 0 heterocycles. The fourth-order valence-corrected chi connectivity index (χ4v) is 4.38. The third-order valence-electron chi connectivity index (χ3n) is 5.29. The Labute approximate surface area is 197 Å². The van der Waals surface area contributed by atoms with Crippen molar-refractivity contribution in [2.24, 2.45) is 5.92 Å². The summed E-state index contributed by atoms with van der Waals surface area (Å²) >= 11 is 12.0. The molecule has 1 amide bonds. The first-order chi connectivity index (χ1) is 15.4. The summed E-state index contributed by atoms with van der Waals surface area (Å²) < 4.78 is 16.1. The fraction of sp³-hybridized carbons (Fsp3) is 0.333. The average molecular weight is 478 g/mol. The van der Waals surface area contributed by atoms with Gasteiger partial charge in [0.2, 0.25) is 0 Å². The van der Waals surface area contributed by atoms with Crippen LogP contribution in [-0.2, 0) is 9.53 Å². The Morgan fingerprint density at radius 2 is 1.72 bits per heavy atom. The third-order valence-corrected chi connectivity index (χ3v) is 5.73. The number of hydrogen-bond donors (Lipinski definition) is 1. The van der Waals surface area contributed by atoms with Crippen LogP contribution >= 0.6 is 23.2 Å². The maximum absolute atomic E-state index is 12.9. The molecular formula is C24H25Cl2NO5. The summed E-state index contributed by atoms with van der Waals surface area (Å²) in [5.74, 6) is -0.226. The van der Waals surface area contributed by atoms with Gasteiger partial charge in [-0.05, 0) is 55.2 Å². The van der Waals surface area contributed by atoms with Crippen LogP contribution in [0.5, 0.6) is 11.5 Å². The first-order valence-corrected chi connectivity index (χ1v) is 11.0. The molecule has 0 saturated heterocycles. The van der Waals surface area contributed by atoms with Crippen molar-refractivity contribution in [2.75, 3.05) is 20.8 Å². The Hall–Kier alpha value is -2.70. The van der Waals surface area contributed by atoms with E-state index in [1.54, 1.807) is 51.5 Å².